The summed E-state index contributed by atoms with van der Waals surface area (Å²) in [6.45, 7) is 12.4. The number of hydrogen-bond acceptors (Lipinski definition) is 4. The highest BCUT2D eigenvalue weighted by Crippen LogP contribution is 2.43. The van der Waals surface area contributed by atoms with Crippen molar-refractivity contribution in [2.24, 2.45) is 23.7 Å². The van der Waals surface area contributed by atoms with Gasteiger partial charge in [0.15, 0.2) is 11.6 Å². The van der Waals surface area contributed by atoms with Crippen LogP contribution in [-0.4, -0.2) is 38.0 Å². The van der Waals surface area contributed by atoms with E-state index < -0.39 is 0 Å². The summed E-state index contributed by atoms with van der Waals surface area (Å²) in [7, 11) is 0. The fraction of sp³-hybridized carbons (Fsp3) is 1.00. The average Bonchev–Trinajstić information content (AvgIpc) is 3.32. The molecule has 4 heteroatoms. The summed E-state index contributed by atoms with van der Waals surface area (Å²) in [6.07, 6.45) is 8.26. The van der Waals surface area contributed by atoms with Gasteiger partial charge in [-0.2, -0.15) is 0 Å². The van der Waals surface area contributed by atoms with Gasteiger partial charge in [-0.25, -0.2) is 0 Å². The Bertz CT molecular complexity index is 398. The summed E-state index contributed by atoms with van der Waals surface area (Å²) in [5.41, 5.74) is 0. The molecule has 0 aromatic rings. The first-order valence-corrected chi connectivity index (χ1v) is 10.5. The van der Waals surface area contributed by atoms with Crippen LogP contribution < -0.4 is 0 Å². The van der Waals surface area contributed by atoms with Crippen molar-refractivity contribution < 1.29 is 18.9 Å². The molecular formula is C21H38O4. The van der Waals surface area contributed by atoms with Crippen LogP contribution in [0.15, 0.2) is 0 Å². The van der Waals surface area contributed by atoms with Crippen LogP contribution >= 0.6 is 0 Å². The summed E-state index contributed by atoms with van der Waals surface area (Å²) < 4.78 is 22.7. The Balaban J connectivity index is 0.000000146. The second kappa shape index (κ2) is 8.24. The maximum absolute atomic E-state index is 5.69. The summed E-state index contributed by atoms with van der Waals surface area (Å²) in [4.78, 5) is 0. The van der Waals surface area contributed by atoms with E-state index in [0.717, 1.165) is 75.8 Å². The van der Waals surface area contributed by atoms with E-state index in [0.29, 0.717) is 0 Å². The molecule has 4 fully saturated rings. The predicted octanol–water partition coefficient (Wildman–Crippen LogP) is 4.76. The molecule has 0 aromatic carbocycles. The van der Waals surface area contributed by atoms with Gasteiger partial charge < -0.3 is 18.9 Å². The van der Waals surface area contributed by atoms with E-state index in [9.17, 15) is 0 Å². The molecule has 0 amide bonds. The molecule has 1 atom stereocenters. The van der Waals surface area contributed by atoms with Crippen LogP contribution in [0.25, 0.3) is 0 Å². The fourth-order valence-corrected chi connectivity index (χ4v) is 4.87. The fourth-order valence-electron chi connectivity index (χ4n) is 4.87. The minimum absolute atomic E-state index is 0.158. The first-order chi connectivity index (χ1) is 11.9. The van der Waals surface area contributed by atoms with E-state index in [4.69, 9.17) is 18.9 Å². The Morgan fingerprint density at radius 2 is 1.00 bits per heavy atom. The first kappa shape index (κ1) is 19.6. The van der Waals surface area contributed by atoms with Gasteiger partial charge in [-0.05, 0) is 42.9 Å². The van der Waals surface area contributed by atoms with Gasteiger partial charge in [0.05, 0.1) is 26.4 Å². The molecule has 4 nitrogen and oxygen atoms in total. The molecule has 2 aliphatic carbocycles. The van der Waals surface area contributed by atoms with Gasteiger partial charge in [0.25, 0.3) is 0 Å². The molecule has 0 N–H and O–H groups in total. The van der Waals surface area contributed by atoms with Gasteiger partial charge in [-0.1, -0.05) is 27.7 Å². The third-order valence-electron chi connectivity index (χ3n) is 6.77. The Morgan fingerprint density at radius 3 is 1.44 bits per heavy atom. The molecule has 0 radical (unpaired) electrons. The summed E-state index contributed by atoms with van der Waals surface area (Å²) in [5, 5.41) is 0. The van der Waals surface area contributed by atoms with Gasteiger partial charge in [-0.15, -0.1) is 0 Å². The maximum atomic E-state index is 5.69. The highest BCUT2D eigenvalue weighted by atomic mass is 16.7. The van der Waals surface area contributed by atoms with E-state index in [2.05, 4.69) is 27.7 Å². The van der Waals surface area contributed by atoms with E-state index in [1.54, 1.807) is 0 Å². The van der Waals surface area contributed by atoms with Gasteiger partial charge in [0, 0.05) is 25.7 Å². The third-order valence-corrected chi connectivity index (χ3v) is 6.77. The van der Waals surface area contributed by atoms with Crippen molar-refractivity contribution in [2.75, 3.05) is 26.4 Å². The third kappa shape index (κ3) is 4.77. The van der Waals surface area contributed by atoms with Gasteiger partial charge >= 0.3 is 0 Å². The maximum Gasteiger partial charge on any atom is 0.168 e. The quantitative estimate of drug-likeness (QED) is 0.716. The zero-order chi connectivity index (χ0) is 17.9. The van der Waals surface area contributed by atoms with Gasteiger partial charge in [0.2, 0.25) is 0 Å². The molecule has 1 unspecified atom stereocenters. The standard InChI is InChI=1S/C11H20O2.C10H18O2/c1-9(2)10-3-5-11(6-4-10)12-7-8-13-11;1-8(2)9-3-4-10(7-9)11-5-6-12-10/h9-10H,3-8H2,1-2H3;8-9H,3-7H2,1-2H3. The number of hydrogen-bond donors (Lipinski definition) is 0. The zero-order valence-electron chi connectivity index (χ0n) is 16.7. The largest absolute Gasteiger partial charge is 0.348 e. The van der Waals surface area contributed by atoms with Crippen molar-refractivity contribution in [3.63, 3.8) is 0 Å². The van der Waals surface area contributed by atoms with Crippen molar-refractivity contribution in [2.45, 2.75) is 84.2 Å². The average molecular weight is 355 g/mol. The molecule has 146 valence electrons. The van der Waals surface area contributed by atoms with E-state index in [1.165, 1.54) is 19.3 Å². The highest BCUT2D eigenvalue weighted by molar-refractivity contribution is 4.87. The molecule has 25 heavy (non-hydrogen) atoms. The molecule has 0 aromatic heterocycles. The zero-order valence-corrected chi connectivity index (χ0v) is 16.7. The van der Waals surface area contributed by atoms with Crippen molar-refractivity contribution >= 4 is 0 Å². The Labute approximate surface area is 153 Å². The van der Waals surface area contributed by atoms with Crippen molar-refractivity contribution in [3.05, 3.63) is 0 Å². The van der Waals surface area contributed by atoms with Crippen LogP contribution in [-0.2, 0) is 18.9 Å². The lowest BCUT2D eigenvalue weighted by Gasteiger charge is -2.36. The molecule has 4 aliphatic rings. The molecule has 2 aliphatic heterocycles. The van der Waals surface area contributed by atoms with Gasteiger partial charge in [-0.3, -0.25) is 0 Å². The van der Waals surface area contributed by atoms with E-state index >= 15 is 0 Å². The smallest absolute Gasteiger partial charge is 0.168 e. The molecule has 2 heterocycles. The van der Waals surface area contributed by atoms with Crippen molar-refractivity contribution in [1.82, 2.24) is 0 Å². The number of ether oxygens (including phenoxy) is 4. The predicted molar refractivity (Wildman–Crippen MR) is 98.2 cm³/mol. The second-order valence-corrected chi connectivity index (χ2v) is 9.04. The molecule has 2 saturated carbocycles. The van der Waals surface area contributed by atoms with E-state index in [1.807, 2.05) is 0 Å². The van der Waals surface area contributed by atoms with Gasteiger partial charge in [0.1, 0.15) is 0 Å². The Morgan fingerprint density at radius 1 is 0.600 bits per heavy atom. The van der Waals surface area contributed by atoms with Crippen LogP contribution in [0.4, 0.5) is 0 Å². The Hall–Kier alpha value is -0.160. The van der Waals surface area contributed by atoms with Crippen LogP contribution in [0.5, 0.6) is 0 Å². The van der Waals surface area contributed by atoms with Crippen LogP contribution in [0, 0.1) is 23.7 Å². The van der Waals surface area contributed by atoms with Crippen LogP contribution in [0.3, 0.4) is 0 Å². The summed E-state index contributed by atoms with van der Waals surface area (Å²) >= 11 is 0. The van der Waals surface area contributed by atoms with Crippen LogP contribution in [0.1, 0.15) is 72.6 Å². The molecular weight excluding hydrogens is 316 g/mol. The monoisotopic (exact) mass is 354 g/mol. The molecule has 4 rings (SSSR count). The minimum Gasteiger partial charge on any atom is -0.348 e. The lowest BCUT2D eigenvalue weighted by Crippen LogP contribution is -2.36. The normalized spacial score (nSPS) is 31.2. The minimum atomic E-state index is -0.161. The van der Waals surface area contributed by atoms with Crippen molar-refractivity contribution in [1.29, 1.82) is 0 Å². The van der Waals surface area contributed by atoms with E-state index in [-0.39, 0.29) is 11.6 Å². The summed E-state index contributed by atoms with van der Waals surface area (Å²) in [6, 6.07) is 0. The lowest BCUT2D eigenvalue weighted by molar-refractivity contribution is -0.184. The van der Waals surface area contributed by atoms with Crippen molar-refractivity contribution in [3.8, 4) is 0 Å². The van der Waals surface area contributed by atoms with Crippen LogP contribution in [0.2, 0.25) is 0 Å². The highest BCUT2D eigenvalue weighted by Gasteiger charge is 2.44. The Kier molecular flexibility index (Phi) is 6.46. The SMILES string of the molecule is CC(C)C1CCC2(C1)OCCO2.CC(C)C1CCC2(CC1)OCCO2. The lowest BCUT2D eigenvalue weighted by atomic mass is 9.79. The number of rotatable bonds is 2. The second-order valence-electron chi connectivity index (χ2n) is 9.04. The molecule has 0 bridgehead atoms. The summed E-state index contributed by atoms with van der Waals surface area (Å²) in [5.74, 6) is 2.97. The first-order valence-electron chi connectivity index (χ1n) is 10.5. The molecule has 2 spiro atoms. The molecule has 2 saturated heterocycles. The topological polar surface area (TPSA) is 36.9 Å².